The highest BCUT2D eigenvalue weighted by atomic mass is 32.1. The fraction of sp³-hybridized carbons (Fsp3) is 0.471. The zero-order valence-electron chi connectivity index (χ0n) is 14.8. The third-order valence-electron chi connectivity index (χ3n) is 4.69. The van der Waals surface area contributed by atoms with E-state index in [4.69, 9.17) is 9.31 Å². The van der Waals surface area contributed by atoms with Crippen LogP contribution in [0.2, 0.25) is 0 Å². The average Bonchev–Trinajstić information content (AvgIpc) is 2.71. The molecule has 1 fully saturated rings. The first kappa shape index (κ1) is 20.9. The van der Waals surface area contributed by atoms with Crippen molar-refractivity contribution in [2.75, 3.05) is 5.75 Å². The van der Waals surface area contributed by atoms with Gasteiger partial charge in [-0.05, 0) is 56.9 Å². The van der Waals surface area contributed by atoms with Gasteiger partial charge in [0.1, 0.15) is 0 Å². The minimum Gasteiger partial charge on any atom is -0.478 e. The minimum atomic E-state index is -4.58. The maximum atomic E-state index is 13.0. The van der Waals surface area contributed by atoms with E-state index in [0.29, 0.717) is 5.47 Å². The minimum absolute atomic E-state index is 0.0777. The van der Waals surface area contributed by atoms with E-state index in [-0.39, 0.29) is 16.9 Å². The molecule has 0 unspecified atom stereocenters. The zero-order chi connectivity index (χ0) is 19.9. The van der Waals surface area contributed by atoms with Crippen molar-refractivity contribution < 1.29 is 32.4 Å². The van der Waals surface area contributed by atoms with Gasteiger partial charge in [0.2, 0.25) is 0 Å². The van der Waals surface area contributed by atoms with Crippen molar-refractivity contribution in [2.45, 2.75) is 45.1 Å². The van der Waals surface area contributed by atoms with Gasteiger partial charge in [0, 0.05) is 5.75 Å². The van der Waals surface area contributed by atoms with Crippen LogP contribution in [-0.2, 0) is 15.5 Å². The molecule has 1 N–H and O–H groups in total. The quantitative estimate of drug-likeness (QED) is 0.595. The van der Waals surface area contributed by atoms with Crippen LogP contribution in [0.1, 0.15) is 49.2 Å². The second-order valence-corrected chi connectivity index (χ2v) is 7.39. The summed E-state index contributed by atoms with van der Waals surface area (Å²) in [5.41, 5.74) is -2.08. The fourth-order valence-electron chi connectivity index (χ4n) is 2.44. The third-order valence-corrected chi connectivity index (χ3v) is 5.05. The molecule has 142 valence electrons. The largest absolute Gasteiger partial charge is 0.491 e. The lowest BCUT2D eigenvalue weighted by atomic mass is 9.78. The Morgan fingerprint density at radius 1 is 1.23 bits per heavy atom. The van der Waals surface area contributed by atoms with E-state index in [1.165, 1.54) is 6.08 Å². The standard InChI is InChI=1S/C17H20BF3O4S/c1-15(2)16(3,4)25-18(24-15)12(9-26)8-10-7-11(17(19,20)21)5-6-13(10)14(22)23/h5-8,26H,9H2,1-4H3,(H,22,23). The average molecular weight is 388 g/mol. The summed E-state index contributed by atoms with van der Waals surface area (Å²) >= 11 is 4.21. The Morgan fingerprint density at radius 3 is 2.19 bits per heavy atom. The molecule has 1 aromatic rings. The lowest BCUT2D eigenvalue weighted by molar-refractivity contribution is -0.137. The van der Waals surface area contributed by atoms with E-state index in [9.17, 15) is 23.1 Å². The Balaban J connectivity index is 2.50. The Hall–Kier alpha value is -1.45. The zero-order valence-corrected chi connectivity index (χ0v) is 15.7. The van der Waals surface area contributed by atoms with Crippen molar-refractivity contribution in [2.24, 2.45) is 0 Å². The van der Waals surface area contributed by atoms with Crippen molar-refractivity contribution in [3.8, 4) is 0 Å². The molecule has 1 heterocycles. The summed E-state index contributed by atoms with van der Waals surface area (Å²) in [6.07, 6.45) is -3.24. The van der Waals surface area contributed by atoms with Crippen LogP contribution in [0, 0.1) is 0 Å². The van der Waals surface area contributed by atoms with Crippen molar-refractivity contribution in [1.82, 2.24) is 0 Å². The molecule has 1 aliphatic rings. The molecular weight excluding hydrogens is 368 g/mol. The summed E-state index contributed by atoms with van der Waals surface area (Å²) in [4.78, 5) is 11.4. The molecule has 1 aromatic carbocycles. The number of carboxylic acid groups (broad SMARTS) is 1. The van der Waals surface area contributed by atoms with Crippen LogP contribution in [0.25, 0.3) is 6.08 Å². The number of aromatic carboxylic acids is 1. The topological polar surface area (TPSA) is 55.8 Å². The van der Waals surface area contributed by atoms with Crippen LogP contribution < -0.4 is 0 Å². The van der Waals surface area contributed by atoms with Gasteiger partial charge in [-0.1, -0.05) is 6.08 Å². The number of carboxylic acids is 1. The molecule has 0 bridgehead atoms. The smallest absolute Gasteiger partial charge is 0.478 e. The fourth-order valence-corrected chi connectivity index (χ4v) is 2.68. The second kappa shape index (κ2) is 6.94. The summed E-state index contributed by atoms with van der Waals surface area (Å²) in [5, 5.41) is 9.28. The summed E-state index contributed by atoms with van der Waals surface area (Å²) in [6.45, 7) is 7.37. The van der Waals surface area contributed by atoms with Gasteiger partial charge < -0.3 is 14.4 Å². The Morgan fingerprint density at radius 2 is 1.77 bits per heavy atom. The number of hydrogen-bond acceptors (Lipinski definition) is 4. The van der Waals surface area contributed by atoms with Crippen LogP contribution in [-0.4, -0.2) is 35.1 Å². The monoisotopic (exact) mass is 388 g/mol. The van der Waals surface area contributed by atoms with Gasteiger partial charge in [0.25, 0.3) is 0 Å². The molecule has 2 rings (SSSR count). The number of carbonyl (C=O) groups is 1. The molecule has 4 nitrogen and oxygen atoms in total. The number of halogens is 3. The van der Waals surface area contributed by atoms with E-state index >= 15 is 0 Å². The van der Waals surface area contributed by atoms with Gasteiger partial charge in [0.15, 0.2) is 0 Å². The Bertz CT molecular complexity index is 728. The molecule has 26 heavy (non-hydrogen) atoms. The summed E-state index contributed by atoms with van der Waals surface area (Å²) in [5.74, 6) is -1.19. The number of thiol groups is 1. The molecule has 0 radical (unpaired) electrons. The van der Waals surface area contributed by atoms with Crippen LogP contribution in [0.4, 0.5) is 13.2 Å². The van der Waals surface area contributed by atoms with Crippen LogP contribution in [0.15, 0.2) is 23.7 Å². The molecule has 0 aliphatic carbocycles. The predicted octanol–water partition coefficient (Wildman–Crippen LogP) is 4.35. The maximum Gasteiger partial charge on any atom is 0.491 e. The number of rotatable bonds is 4. The molecule has 0 atom stereocenters. The van der Waals surface area contributed by atoms with Gasteiger partial charge in [-0.25, -0.2) is 4.79 Å². The molecule has 1 saturated heterocycles. The van der Waals surface area contributed by atoms with Crippen molar-refractivity contribution >= 4 is 31.8 Å². The van der Waals surface area contributed by atoms with Gasteiger partial charge in [0.05, 0.1) is 22.3 Å². The van der Waals surface area contributed by atoms with Crippen molar-refractivity contribution in [3.05, 3.63) is 40.4 Å². The highest BCUT2D eigenvalue weighted by Crippen LogP contribution is 2.39. The van der Waals surface area contributed by atoms with Gasteiger partial charge >= 0.3 is 19.3 Å². The SMILES string of the molecule is CC1(C)OB(C(=Cc2cc(C(F)(F)F)ccc2C(=O)O)CS)OC1(C)C. The van der Waals surface area contributed by atoms with Gasteiger partial charge in [-0.2, -0.15) is 25.8 Å². The molecule has 1 aliphatic heterocycles. The van der Waals surface area contributed by atoms with Crippen molar-refractivity contribution in [1.29, 1.82) is 0 Å². The van der Waals surface area contributed by atoms with Crippen molar-refractivity contribution in [3.63, 3.8) is 0 Å². The van der Waals surface area contributed by atoms with Crippen LogP contribution >= 0.6 is 12.6 Å². The summed E-state index contributed by atoms with van der Waals surface area (Å²) in [7, 11) is -0.825. The first-order chi connectivity index (χ1) is 11.8. The second-order valence-electron chi connectivity index (χ2n) is 7.07. The van der Waals surface area contributed by atoms with E-state index in [1.807, 2.05) is 27.7 Å². The molecule has 0 saturated carbocycles. The Kier molecular flexibility index (Phi) is 5.57. The number of hydrogen-bond donors (Lipinski definition) is 2. The number of alkyl halides is 3. The lowest BCUT2D eigenvalue weighted by Crippen LogP contribution is -2.41. The summed E-state index contributed by atoms with van der Waals surface area (Å²) in [6, 6.07) is 2.49. The lowest BCUT2D eigenvalue weighted by Gasteiger charge is -2.32. The van der Waals surface area contributed by atoms with Gasteiger partial charge in [-0.3, -0.25) is 0 Å². The maximum absolute atomic E-state index is 13.0. The normalized spacial score (nSPS) is 19.7. The Labute approximate surface area is 155 Å². The number of benzene rings is 1. The third kappa shape index (κ3) is 4.10. The van der Waals surface area contributed by atoms with E-state index < -0.39 is 36.0 Å². The van der Waals surface area contributed by atoms with E-state index in [1.54, 1.807) is 0 Å². The van der Waals surface area contributed by atoms with Gasteiger partial charge in [-0.15, -0.1) is 0 Å². The first-order valence-electron chi connectivity index (χ1n) is 7.90. The molecular formula is C17H20BF3O4S. The van der Waals surface area contributed by atoms with Crippen LogP contribution in [0.5, 0.6) is 0 Å². The molecule has 0 amide bonds. The molecule has 0 spiro atoms. The predicted molar refractivity (Wildman–Crippen MR) is 96.3 cm³/mol. The van der Waals surface area contributed by atoms with Crippen LogP contribution in [0.3, 0.4) is 0 Å². The molecule has 0 aromatic heterocycles. The van der Waals surface area contributed by atoms with E-state index in [2.05, 4.69) is 12.6 Å². The van der Waals surface area contributed by atoms with E-state index in [0.717, 1.165) is 18.2 Å². The first-order valence-corrected chi connectivity index (χ1v) is 8.53. The highest BCUT2D eigenvalue weighted by molar-refractivity contribution is 7.80. The highest BCUT2D eigenvalue weighted by Gasteiger charge is 2.52. The summed E-state index contributed by atoms with van der Waals surface area (Å²) < 4.78 is 50.7. The molecule has 9 heteroatoms.